The number of nitrogens with one attached hydrogen (secondary N) is 1. The van der Waals surface area contributed by atoms with E-state index < -0.39 is 0 Å². The molecule has 1 saturated carbocycles. The van der Waals surface area contributed by atoms with Gasteiger partial charge < -0.3 is 11.1 Å². The zero-order valence-electron chi connectivity index (χ0n) is 13.8. The lowest BCUT2D eigenvalue weighted by Gasteiger charge is -2.29. The maximum Gasteiger partial charge on any atom is 0.220 e. The number of benzene rings is 1. The minimum atomic E-state index is -0.215. The average molecular weight is 390 g/mol. The van der Waals surface area contributed by atoms with Gasteiger partial charge in [-0.2, -0.15) is 0 Å². The molecular formula is C17H25Cl2N3OS. The number of nitrogens with zero attached hydrogens (tertiary/aromatic N) is 1. The van der Waals surface area contributed by atoms with Gasteiger partial charge in [-0.25, -0.2) is 4.98 Å². The van der Waals surface area contributed by atoms with E-state index in [9.17, 15) is 4.79 Å². The Balaban J connectivity index is 0.00000144. The number of hydrogen-bond donors (Lipinski definition) is 2. The standard InChI is InChI=1S/C17H23N3OS.2ClH/c1-17(11-18,12-9-10-12)20-15(21)7-4-8-16-19-13-5-2-3-6-14(13)22-16;;/h2-3,5-6,12H,4,7-11,18H2,1H3,(H,20,21);2*1H. The number of amides is 1. The molecule has 24 heavy (non-hydrogen) atoms. The van der Waals surface area contributed by atoms with E-state index in [2.05, 4.69) is 23.3 Å². The number of hydrogen-bond acceptors (Lipinski definition) is 4. The maximum atomic E-state index is 12.1. The normalized spacial score (nSPS) is 15.9. The maximum absolute atomic E-state index is 12.1. The van der Waals surface area contributed by atoms with Gasteiger partial charge in [-0.15, -0.1) is 36.2 Å². The molecule has 1 atom stereocenters. The number of halogens is 2. The Bertz CT molecular complexity index is 642. The molecule has 0 radical (unpaired) electrons. The first-order chi connectivity index (χ1) is 10.6. The van der Waals surface area contributed by atoms with E-state index in [0.717, 1.165) is 23.4 Å². The summed E-state index contributed by atoms with van der Waals surface area (Å²) >= 11 is 1.72. The van der Waals surface area contributed by atoms with Gasteiger partial charge in [-0.05, 0) is 50.7 Å². The molecule has 3 N–H and O–H groups in total. The van der Waals surface area contributed by atoms with Crippen molar-refractivity contribution in [3.05, 3.63) is 29.3 Å². The Morgan fingerprint density at radius 1 is 1.38 bits per heavy atom. The Hall–Kier alpha value is -0.880. The molecule has 4 nitrogen and oxygen atoms in total. The van der Waals surface area contributed by atoms with E-state index in [1.165, 1.54) is 17.5 Å². The third kappa shape index (κ3) is 5.06. The summed E-state index contributed by atoms with van der Waals surface area (Å²) in [5, 5.41) is 4.25. The molecule has 1 unspecified atom stereocenters. The monoisotopic (exact) mass is 389 g/mol. The summed E-state index contributed by atoms with van der Waals surface area (Å²) in [4.78, 5) is 16.7. The molecule has 134 valence electrons. The van der Waals surface area contributed by atoms with Crippen molar-refractivity contribution in [1.29, 1.82) is 0 Å². The summed E-state index contributed by atoms with van der Waals surface area (Å²) in [5.74, 6) is 0.673. The number of carbonyl (C=O) groups is 1. The predicted molar refractivity (Wildman–Crippen MR) is 105 cm³/mol. The Labute approximate surface area is 159 Å². The summed E-state index contributed by atoms with van der Waals surface area (Å²) in [5.41, 5.74) is 6.67. The quantitative estimate of drug-likeness (QED) is 0.758. The molecule has 1 fully saturated rings. The highest BCUT2D eigenvalue weighted by atomic mass is 35.5. The molecule has 0 aliphatic heterocycles. The Morgan fingerprint density at radius 3 is 2.71 bits per heavy atom. The van der Waals surface area contributed by atoms with Crippen LogP contribution in [0.5, 0.6) is 0 Å². The van der Waals surface area contributed by atoms with Gasteiger partial charge in [0, 0.05) is 13.0 Å². The molecule has 1 heterocycles. The average Bonchev–Trinajstić information content (AvgIpc) is 3.28. The van der Waals surface area contributed by atoms with Crippen molar-refractivity contribution in [2.75, 3.05) is 6.54 Å². The van der Waals surface area contributed by atoms with Gasteiger partial charge in [-0.1, -0.05) is 12.1 Å². The van der Waals surface area contributed by atoms with E-state index in [1.54, 1.807) is 11.3 Å². The zero-order chi connectivity index (χ0) is 15.6. The lowest BCUT2D eigenvalue weighted by Crippen LogP contribution is -2.53. The molecule has 0 saturated heterocycles. The van der Waals surface area contributed by atoms with Crippen molar-refractivity contribution in [3.8, 4) is 0 Å². The van der Waals surface area contributed by atoms with E-state index in [-0.39, 0.29) is 36.3 Å². The molecule has 2 aromatic rings. The van der Waals surface area contributed by atoms with Gasteiger partial charge in [-0.3, -0.25) is 4.79 Å². The molecule has 1 aromatic heterocycles. The van der Waals surface area contributed by atoms with Gasteiger partial charge in [0.25, 0.3) is 0 Å². The van der Waals surface area contributed by atoms with Gasteiger partial charge >= 0.3 is 0 Å². The smallest absolute Gasteiger partial charge is 0.220 e. The van der Waals surface area contributed by atoms with Crippen LogP contribution in [0.4, 0.5) is 0 Å². The highest BCUT2D eigenvalue weighted by molar-refractivity contribution is 7.18. The van der Waals surface area contributed by atoms with Crippen LogP contribution in [-0.4, -0.2) is 23.0 Å². The van der Waals surface area contributed by atoms with Crippen molar-refractivity contribution in [2.45, 2.75) is 44.6 Å². The van der Waals surface area contributed by atoms with Crippen LogP contribution < -0.4 is 11.1 Å². The number of aryl methyl sites for hydroxylation is 1. The summed E-state index contributed by atoms with van der Waals surface area (Å²) < 4.78 is 1.21. The molecule has 1 aromatic carbocycles. The molecule has 0 spiro atoms. The predicted octanol–water partition coefficient (Wildman–Crippen LogP) is 3.71. The minimum absolute atomic E-state index is 0. The topological polar surface area (TPSA) is 68.0 Å². The minimum Gasteiger partial charge on any atom is -0.349 e. The fraction of sp³-hybridized carbons (Fsp3) is 0.529. The van der Waals surface area contributed by atoms with Crippen molar-refractivity contribution < 1.29 is 4.79 Å². The lowest BCUT2D eigenvalue weighted by molar-refractivity contribution is -0.123. The second kappa shape index (κ2) is 8.99. The van der Waals surface area contributed by atoms with Crippen molar-refractivity contribution in [2.24, 2.45) is 11.7 Å². The SMILES string of the molecule is CC(CN)(NC(=O)CCCc1nc2ccccc2s1)C1CC1.Cl.Cl. The molecular weight excluding hydrogens is 365 g/mol. The van der Waals surface area contributed by atoms with E-state index in [4.69, 9.17) is 5.73 Å². The molecule has 1 aliphatic carbocycles. The van der Waals surface area contributed by atoms with Crippen LogP contribution in [0.1, 0.15) is 37.6 Å². The highest BCUT2D eigenvalue weighted by Gasteiger charge is 2.41. The van der Waals surface area contributed by atoms with Crippen LogP contribution in [0, 0.1) is 5.92 Å². The third-order valence-corrected chi connectivity index (χ3v) is 5.56. The number of nitrogens with two attached hydrogens (primary N) is 1. The summed E-state index contributed by atoms with van der Waals surface area (Å²) in [6, 6.07) is 8.16. The molecule has 0 bridgehead atoms. The van der Waals surface area contributed by atoms with E-state index in [0.29, 0.717) is 18.9 Å². The van der Waals surface area contributed by atoms with E-state index >= 15 is 0 Å². The molecule has 1 amide bonds. The number of thiazole rings is 1. The molecule has 3 rings (SSSR count). The van der Waals surface area contributed by atoms with Crippen molar-refractivity contribution in [3.63, 3.8) is 0 Å². The number of aromatic nitrogens is 1. The number of rotatable bonds is 7. The fourth-order valence-electron chi connectivity index (χ4n) is 2.85. The highest BCUT2D eigenvalue weighted by Crippen LogP contribution is 2.39. The second-order valence-corrected chi connectivity index (χ2v) is 7.49. The zero-order valence-corrected chi connectivity index (χ0v) is 16.2. The first-order valence-electron chi connectivity index (χ1n) is 7.96. The number of para-hydroxylation sites is 1. The van der Waals surface area contributed by atoms with Crippen molar-refractivity contribution in [1.82, 2.24) is 10.3 Å². The van der Waals surface area contributed by atoms with Crippen molar-refractivity contribution >= 4 is 52.3 Å². The largest absolute Gasteiger partial charge is 0.349 e. The van der Waals surface area contributed by atoms with Gasteiger partial charge in [0.2, 0.25) is 5.91 Å². The lowest BCUT2D eigenvalue weighted by atomic mass is 9.95. The Kier molecular flexibility index (Phi) is 7.93. The van der Waals surface area contributed by atoms with Gasteiger partial charge in [0.15, 0.2) is 0 Å². The molecule has 1 aliphatic rings. The fourth-order valence-corrected chi connectivity index (χ4v) is 3.86. The summed E-state index contributed by atoms with van der Waals surface area (Å²) in [6.07, 6.45) is 4.59. The van der Waals surface area contributed by atoms with Crippen LogP contribution in [0.25, 0.3) is 10.2 Å². The van der Waals surface area contributed by atoms with Crippen LogP contribution >= 0.6 is 36.2 Å². The third-order valence-electron chi connectivity index (χ3n) is 4.46. The van der Waals surface area contributed by atoms with Crippen LogP contribution in [0.2, 0.25) is 0 Å². The summed E-state index contributed by atoms with van der Waals surface area (Å²) in [6.45, 7) is 2.58. The Morgan fingerprint density at radius 2 is 2.08 bits per heavy atom. The summed E-state index contributed by atoms with van der Waals surface area (Å²) in [7, 11) is 0. The molecule has 7 heteroatoms. The van der Waals surface area contributed by atoms with E-state index in [1.807, 2.05) is 18.2 Å². The van der Waals surface area contributed by atoms with Crippen LogP contribution in [-0.2, 0) is 11.2 Å². The first kappa shape index (κ1) is 21.2. The first-order valence-corrected chi connectivity index (χ1v) is 8.78. The van der Waals surface area contributed by atoms with Gasteiger partial charge in [0.1, 0.15) is 0 Å². The number of fused-ring (bicyclic) bond motifs is 1. The van der Waals surface area contributed by atoms with Crippen LogP contribution in [0.15, 0.2) is 24.3 Å². The van der Waals surface area contributed by atoms with Gasteiger partial charge in [0.05, 0.1) is 20.8 Å². The number of carbonyl (C=O) groups excluding carboxylic acids is 1. The second-order valence-electron chi connectivity index (χ2n) is 6.37. The van der Waals surface area contributed by atoms with Crippen LogP contribution in [0.3, 0.4) is 0 Å².